The van der Waals surface area contributed by atoms with Gasteiger partial charge in [0.2, 0.25) is 17.6 Å². The Labute approximate surface area is 175 Å². The van der Waals surface area contributed by atoms with E-state index in [0.717, 1.165) is 30.0 Å². The van der Waals surface area contributed by atoms with Crippen LogP contribution in [0.15, 0.2) is 65.2 Å². The number of piperazine rings is 1. The van der Waals surface area contributed by atoms with Gasteiger partial charge in [-0.05, 0) is 35.9 Å². The standard InChI is InChI=1S/C23H24N4O3/c1-29-20-10-8-19(9-11-20)23-24-21(30-25-23)17-26-13-15-27(16-14-26)22(28)12-7-18-5-3-2-4-6-18/h2-12H,13-17H2,1H3/b12-7+. The second kappa shape index (κ2) is 9.37. The van der Waals surface area contributed by atoms with Crippen LogP contribution in [0.2, 0.25) is 0 Å². The van der Waals surface area contributed by atoms with E-state index in [-0.39, 0.29) is 5.91 Å². The molecule has 0 saturated carbocycles. The minimum Gasteiger partial charge on any atom is -0.497 e. The maximum absolute atomic E-state index is 12.4. The minimum atomic E-state index is 0.0399. The topological polar surface area (TPSA) is 71.7 Å². The first-order valence-electron chi connectivity index (χ1n) is 9.93. The van der Waals surface area contributed by atoms with Crippen molar-refractivity contribution < 1.29 is 14.1 Å². The summed E-state index contributed by atoms with van der Waals surface area (Å²) in [5.74, 6) is 1.96. The fraction of sp³-hybridized carbons (Fsp3) is 0.261. The van der Waals surface area contributed by atoms with Crippen molar-refractivity contribution in [3.05, 3.63) is 72.1 Å². The Morgan fingerprint density at radius 3 is 2.50 bits per heavy atom. The van der Waals surface area contributed by atoms with E-state index in [1.54, 1.807) is 13.2 Å². The van der Waals surface area contributed by atoms with E-state index in [1.807, 2.05) is 65.6 Å². The lowest BCUT2D eigenvalue weighted by atomic mass is 10.2. The van der Waals surface area contributed by atoms with Crippen molar-refractivity contribution in [3.63, 3.8) is 0 Å². The zero-order valence-electron chi connectivity index (χ0n) is 16.9. The van der Waals surface area contributed by atoms with Gasteiger partial charge in [0.25, 0.3) is 0 Å². The van der Waals surface area contributed by atoms with Gasteiger partial charge in [-0.15, -0.1) is 0 Å². The normalized spacial score (nSPS) is 14.9. The molecule has 1 fully saturated rings. The SMILES string of the molecule is COc1ccc(-c2noc(CN3CCN(C(=O)/C=C/c4ccccc4)CC3)n2)cc1. The molecule has 7 nitrogen and oxygen atoms in total. The first-order valence-corrected chi connectivity index (χ1v) is 9.93. The Kier molecular flexibility index (Phi) is 6.20. The molecule has 154 valence electrons. The molecule has 0 unspecified atom stereocenters. The Morgan fingerprint density at radius 1 is 1.07 bits per heavy atom. The summed E-state index contributed by atoms with van der Waals surface area (Å²) in [5.41, 5.74) is 1.90. The quantitative estimate of drug-likeness (QED) is 0.588. The van der Waals surface area contributed by atoms with Gasteiger partial charge in [-0.1, -0.05) is 35.5 Å². The second-order valence-electron chi connectivity index (χ2n) is 7.09. The number of hydrogen-bond donors (Lipinski definition) is 0. The second-order valence-corrected chi connectivity index (χ2v) is 7.09. The third-order valence-corrected chi connectivity index (χ3v) is 5.08. The molecule has 2 heterocycles. The van der Waals surface area contributed by atoms with E-state index >= 15 is 0 Å². The van der Waals surface area contributed by atoms with Crippen LogP contribution in [0.5, 0.6) is 5.75 Å². The van der Waals surface area contributed by atoms with Gasteiger partial charge in [0.15, 0.2) is 0 Å². The first-order chi connectivity index (χ1) is 14.7. The van der Waals surface area contributed by atoms with Crippen molar-refractivity contribution in [2.24, 2.45) is 0 Å². The number of methoxy groups -OCH3 is 1. The third kappa shape index (κ3) is 4.93. The van der Waals surface area contributed by atoms with Crippen LogP contribution in [-0.2, 0) is 11.3 Å². The van der Waals surface area contributed by atoms with Crippen LogP contribution in [-0.4, -0.2) is 59.1 Å². The Balaban J connectivity index is 1.28. The van der Waals surface area contributed by atoms with Gasteiger partial charge < -0.3 is 14.2 Å². The molecule has 2 aromatic carbocycles. The largest absolute Gasteiger partial charge is 0.497 e. The zero-order chi connectivity index (χ0) is 20.8. The van der Waals surface area contributed by atoms with Crippen LogP contribution in [0, 0.1) is 0 Å². The summed E-state index contributed by atoms with van der Waals surface area (Å²) >= 11 is 0. The average Bonchev–Trinajstić information content (AvgIpc) is 3.27. The van der Waals surface area contributed by atoms with Crippen molar-refractivity contribution >= 4 is 12.0 Å². The average molecular weight is 404 g/mol. The molecule has 0 atom stereocenters. The highest BCUT2D eigenvalue weighted by Crippen LogP contribution is 2.20. The summed E-state index contributed by atoms with van der Waals surface area (Å²) in [4.78, 5) is 21.0. The van der Waals surface area contributed by atoms with E-state index in [0.29, 0.717) is 31.3 Å². The molecular weight excluding hydrogens is 380 g/mol. The van der Waals surface area contributed by atoms with E-state index in [1.165, 1.54) is 0 Å². The van der Waals surface area contributed by atoms with Crippen LogP contribution < -0.4 is 4.74 Å². The minimum absolute atomic E-state index is 0.0399. The fourth-order valence-electron chi connectivity index (χ4n) is 3.33. The van der Waals surface area contributed by atoms with Gasteiger partial charge in [-0.2, -0.15) is 4.98 Å². The molecule has 3 aromatic rings. The smallest absolute Gasteiger partial charge is 0.246 e. The van der Waals surface area contributed by atoms with E-state index in [9.17, 15) is 4.79 Å². The number of carbonyl (C=O) groups excluding carboxylic acids is 1. The lowest BCUT2D eigenvalue weighted by molar-refractivity contribution is -0.127. The maximum Gasteiger partial charge on any atom is 0.246 e. The molecule has 0 aliphatic carbocycles. The molecular formula is C23H24N4O3. The van der Waals surface area contributed by atoms with E-state index < -0.39 is 0 Å². The molecule has 1 aromatic heterocycles. The molecule has 0 radical (unpaired) electrons. The number of amides is 1. The molecule has 7 heteroatoms. The first kappa shape index (κ1) is 19.8. The van der Waals surface area contributed by atoms with Gasteiger partial charge in [-0.3, -0.25) is 9.69 Å². The number of hydrogen-bond acceptors (Lipinski definition) is 6. The van der Waals surface area contributed by atoms with E-state index in [4.69, 9.17) is 9.26 Å². The fourth-order valence-corrected chi connectivity index (χ4v) is 3.33. The molecule has 1 aliphatic heterocycles. The summed E-state index contributed by atoms with van der Waals surface area (Å²) in [6.45, 7) is 3.47. The highest BCUT2D eigenvalue weighted by molar-refractivity contribution is 5.91. The van der Waals surface area contributed by atoms with Crippen molar-refractivity contribution in [2.45, 2.75) is 6.54 Å². The van der Waals surface area contributed by atoms with Crippen molar-refractivity contribution in [1.82, 2.24) is 19.9 Å². The third-order valence-electron chi connectivity index (χ3n) is 5.08. The van der Waals surface area contributed by atoms with Crippen molar-refractivity contribution in [1.29, 1.82) is 0 Å². The molecule has 4 rings (SSSR count). The Hall–Kier alpha value is -3.45. The van der Waals surface area contributed by atoms with Gasteiger partial charge in [-0.25, -0.2) is 0 Å². The zero-order valence-corrected chi connectivity index (χ0v) is 16.9. The number of carbonyl (C=O) groups is 1. The van der Waals surface area contributed by atoms with Gasteiger partial charge in [0, 0.05) is 37.8 Å². The van der Waals surface area contributed by atoms with Gasteiger partial charge in [0.1, 0.15) is 5.75 Å². The number of nitrogens with zero attached hydrogens (tertiary/aromatic N) is 4. The highest BCUT2D eigenvalue weighted by atomic mass is 16.5. The van der Waals surface area contributed by atoms with Crippen LogP contribution in [0.1, 0.15) is 11.5 Å². The number of ether oxygens (including phenoxy) is 1. The van der Waals surface area contributed by atoms with Crippen LogP contribution >= 0.6 is 0 Å². The molecule has 0 spiro atoms. The maximum atomic E-state index is 12.4. The Bertz CT molecular complexity index is 991. The summed E-state index contributed by atoms with van der Waals surface area (Å²) in [6.07, 6.45) is 3.50. The molecule has 1 saturated heterocycles. The van der Waals surface area contributed by atoms with Crippen molar-refractivity contribution in [3.8, 4) is 17.1 Å². The van der Waals surface area contributed by atoms with Crippen LogP contribution in [0.25, 0.3) is 17.5 Å². The lowest BCUT2D eigenvalue weighted by Gasteiger charge is -2.33. The predicted octanol–water partition coefficient (Wildman–Crippen LogP) is 3.10. The summed E-state index contributed by atoms with van der Waals surface area (Å²) in [6, 6.07) is 17.4. The molecule has 1 aliphatic rings. The van der Waals surface area contributed by atoms with Crippen LogP contribution in [0.4, 0.5) is 0 Å². The lowest BCUT2D eigenvalue weighted by Crippen LogP contribution is -2.47. The van der Waals surface area contributed by atoms with Gasteiger partial charge >= 0.3 is 0 Å². The van der Waals surface area contributed by atoms with Crippen molar-refractivity contribution in [2.75, 3.05) is 33.3 Å². The Morgan fingerprint density at radius 2 is 1.80 bits per heavy atom. The molecule has 30 heavy (non-hydrogen) atoms. The predicted molar refractivity (Wildman–Crippen MR) is 114 cm³/mol. The van der Waals surface area contributed by atoms with E-state index in [2.05, 4.69) is 15.0 Å². The number of aromatic nitrogens is 2. The monoisotopic (exact) mass is 404 g/mol. The highest BCUT2D eigenvalue weighted by Gasteiger charge is 2.21. The molecule has 0 N–H and O–H groups in total. The molecule has 0 bridgehead atoms. The molecule has 1 amide bonds. The summed E-state index contributed by atoms with van der Waals surface area (Å²) < 4.78 is 10.6. The number of benzene rings is 2. The summed E-state index contributed by atoms with van der Waals surface area (Å²) in [7, 11) is 1.63. The van der Waals surface area contributed by atoms with Gasteiger partial charge in [0.05, 0.1) is 13.7 Å². The number of rotatable bonds is 6. The van der Waals surface area contributed by atoms with Crippen LogP contribution in [0.3, 0.4) is 0 Å². The summed E-state index contributed by atoms with van der Waals surface area (Å²) in [5, 5.41) is 4.08.